The van der Waals surface area contributed by atoms with E-state index in [9.17, 15) is 0 Å². The Morgan fingerprint density at radius 1 is 1.11 bits per heavy atom. The van der Waals surface area contributed by atoms with Crippen molar-refractivity contribution < 1.29 is 14.2 Å². The summed E-state index contributed by atoms with van der Waals surface area (Å²) in [4.78, 5) is 9.40. The lowest BCUT2D eigenvalue weighted by Gasteiger charge is -2.24. The van der Waals surface area contributed by atoms with Crippen LogP contribution in [0.15, 0.2) is 24.3 Å². The van der Waals surface area contributed by atoms with Gasteiger partial charge in [0.25, 0.3) is 0 Å². The third kappa shape index (κ3) is 4.69. The van der Waals surface area contributed by atoms with Crippen LogP contribution in [0.1, 0.15) is 57.2 Å². The smallest absolute Gasteiger partial charge is 0.161 e. The molecular formula is C21H29N3O3. The number of anilines is 1. The van der Waals surface area contributed by atoms with Crippen LogP contribution >= 0.6 is 0 Å². The molecule has 146 valence electrons. The van der Waals surface area contributed by atoms with E-state index in [0.717, 1.165) is 40.8 Å². The largest absolute Gasteiger partial charge is 0.486 e. The van der Waals surface area contributed by atoms with E-state index in [2.05, 4.69) is 50.1 Å². The first-order chi connectivity index (χ1) is 12.9. The van der Waals surface area contributed by atoms with Gasteiger partial charge in [-0.25, -0.2) is 9.97 Å². The van der Waals surface area contributed by atoms with Crippen molar-refractivity contribution in [2.75, 3.05) is 25.6 Å². The zero-order chi connectivity index (χ0) is 19.4. The molecule has 1 aliphatic heterocycles. The van der Waals surface area contributed by atoms with Crippen LogP contribution < -0.4 is 14.8 Å². The molecule has 0 amide bonds. The summed E-state index contributed by atoms with van der Waals surface area (Å²) >= 11 is 0. The van der Waals surface area contributed by atoms with Crippen LogP contribution in [-0.2, 0) is 16.8 Å². The fraction of sp³-hybridized carbons (Fsp3) is 0.524. The molecule has 1 aliphatic rings. The van der Waals surface area contributed by atoms with Crippen LogP contribution in [0.25, 0.3) is 0 Å². The fourth-order valence-electron chi connectivity index (χ4n) is 3.00. The summed E-state index contributed by atoms with van der Waals surface area (Å²) in [6, 6.07) is 8.18. The molecule has 1 unspecified atom stereocenters. The first-order valence-electron chi connectivity index (χ1n) is 9.44. The molecule has 1 aromatic heterocycles. The van der Waals surface area contributed by atoms with Crippen molar-refractivity contribution in [3.8, 4) is 11.5 Å². The van der Waals surface area contributed by atoms with Gasteiger partial charge in [-0.15, -0.1) is 0 Å². The first-order valence-corrected chi connectivity index (χ1v) is 9.44. The third-order valence-electron chi connectivity index (χ3n) is 4.44. The van der Waals surface area contributed by atoms with E-state index < -0.39 is 0 Å². The molecular weight excluding hydrogens is 342 g/mol. The summed E-state index contributed by atoms with van der Waals surface area (Å²) in [5.41, 5.74) is 1.88. The number of nitrogens with one attached hydrogen (secondary N) is 1. The lowest BCUT2D eigenvalue weighted by atomic mass is 9.95. The van der Waals surface area contributed by atoms with Crippen molar-refractivity contribution in [2.24, 2.45) is 0 Å². The highest BCUT2D eigenvalue weighted by molar-refractivity contribution is 5.47. The van der Waals surface area contributed by atoms with Crippen molar-refractivity contribution in [2.45, 2.75) is 52.2 Å². The summed E-state index contributed by atoms with van der Waals surface area (Å²) in [7, 11) is 1.68. The van der Waals surface area contributed by atoms with Crippen LogP contribution in [0.2, 0.25) is 0 Å². The van der Waals surface area contributed by atoms with Crippen LogP contribution in [0, 0.1) is 0 Å². The van der Waals surface area contributed by atoms with Gasteiger partial charge in [-0.1, -0.05) is 33.8 Å². The molecule has 6 heteroatoms. The van der Waals surface area contributed by atoms with Gasteiger partial charge in [0, 0.05) is 18.6 Å². The molecule has 0 saturated carbocycles. The monoisotopic (exact) mass is 371 g/mol. The van der Waals surface area contributed by atoms with Crippen molar-refractivity contribution in [3.05, 3.63) is 41.3 Å². The van der Waals surface area contributed by atoms with Gasteiger partial charge in [-0.05, 0) is 24.1 Å². The van der Waals surface area contributed by atoms with Gasteiger partial charge in [0.15, 0.2) is 11.5 Å². The van der Waals surface area contributed by atoms with E-state index in [4.69, 9.17) is 19.2 Å². The molecule has 0 radical (unpaired) electrons. The van der Waals surface area contributed by atoms with E-state index in [1.54, 1.807) is 7.11 Å². The molecule has 0 bridgehead atoms. The second-order valence-corrected chi connectivity index (χ2v) is 7.76. The number of fused-ring (bicyclic) bond motifs is 1. The minimum atomic E-state index is -0.140. The van der Waals surface area contributed by atoms with E-state index >= 15 is 0 Å². The van der Waals surface area contributed by atoms with Gasteiger partial charge in [-0.3, -0.25) is 0 Å². The number of rotatable bonds is 6. The van der Waals surface area contributed by atoms with Gasteiger partial charge in [0.1, 0.15) is 24.9 Å². The Kier molecular flexibility index (Phi) is 5.85. The molecule has 3 rings (SSSR count). The number of nitrogens with zero attached hydrogens (tertiary/aromatic N) is 2. The van der Waals surface area contributed by atoms with Gasteiger partial charge in [0.2, 0.25) is 0 Å². The molecule has 0 saturated heterocycles. The van der Waals surface area contributed by atoms with Crippen LogP contribution in [0.3, 0.4) is 0 Å². The minimum Gasteiger partial charge on any atom is -0.486 e. The quantitative estimate of drug-likeness (QED) is 0.819. The number of methoxy groups -OCH3 is 1. The van der Waals surface area contributed by atoms with E-state index in [-0.39, 0.29) is 11.5 Å². The van der Waals surface area contributed by atoms with Gasteiger partial charge < -0.3 is 19.5 Å². The Hall–Kier alpha value is -2.34. The van der Waals surface area contributed by atoms with Gasteiger partial charge >= 0.3 is 0 Å². The molecule has 1 aromatic carbocycles. The predicted octanol–water partition coefficient (Wildman–Crippen LogP) is 4.25. The highest BCUT2D eigenvalue weighted by Gasteiger charge is 2.21. The number of hydrogen-bond donors (Lipinski definition) is 1. The summed E-state index contributed by atoms with van der Waals surface area (Å²) in [6.45, 7) is 10.1. The average Bonchev–Trinajstić information content (AvgIpc) is 2.65. The Labute approximate surface area is 161 Å². The van der Waals surface area contributed by atoms with Crippen LogP contribution in [0.4, 0.5) is 5.82 Å². The first kappa shape index (κ1) is 19.4. The highest BCUT2D eigenvalue weighted by atomic mass is 16.6. The Morgan fingerprint density at radius 2 is 1.85 bits per heavy atom. The molecule has 0 spiro atoms. The molecule has 27 heavy (non-hydrogen) atoms. The highest BCUT2D eigenvalue weighted by Crippen LogP contribution is 2.34. The maximum absolute atomic E-state index is 5.73. The molecule has 2 heterocycles. The summed E-state index contributed by atoms with van der Waals surface area (Å²) in [6.07, 6.45) is 0.911. The standard InChI is InChI=1S/C21H29N3O3/c1-6-16(14-7-8-17-18(11-14)27-10-9-26-17)23-19-12-15(13-25-5)22-20(24-19)21(2,3)4/h7-8,11-12,16H,6,9-10,13H2,1-5H3,(H,22,23,24). The number of ether oxygens (including phenoxy) is 3. The summed E-state index contributed by atoms with van der Waals surface area (Å²) < 4.78 is 16.6. The molecule has 1 N–H and O–H groups in total. The molecule has 0 fully saturated rings. The Balaban J connectivity index is 1.88. The second kappa shape index (κ2) is 8.13. The molecule has 1 atom stereocenters. The second-order valence-electron chi connectivity index (χ2n) is 7.76. The lowest BCUT2D eigenvalue weighted by molar-refractivity contribution is 0.171. The van der Waals surface area contributed by atoms with Crippen LogP contribution in [0.5, 0.6) is 11.5 Å². The van der Waals surface area contributed by atoms with E-state index in [1.807, 2.05) is 12.1 Å². The van der Waals surface area contributed by atoms with Gasteiger partial charge in [-0.2, -0.15) is 0 Å². The Bertz CT molecular complexity index is 787. The third-order valence-corrected chi connectivity index (χ3v) is 4.44. The zero-order valence-electron chi connectivity index (χ0n) is 16.8. The van der Waals surface area contributed by atoms with Crippen molar-refractivity contribution in [3.63, 3.8) is 0 Å². The SMILES string of the molecule is CCC(Nc1cc(COC)nc(C(C)(C)C)n1)c1ccc2c(c1)OCCO2. The maximum Gasteiger partial charge on any atom is 0.161 e. The van der Waals surface area contributed by atoms with Crippen molar-refractivity contribution >= 4 is 5.82 Å². The average molecular weight is 371 g/mol. The van der Waals surface area contributed by atoms with E-state index in [1.165, 1.54) is 0 Å². The fourth-order valence-corrected chi connectivity index (χ4v) is 3.00. The topological polar surface area (TPSA) is 65.5 Å². The summed E-state index contributed by atoms with van der Waals surface area (Å²) in [5, 5.41) is 3.56. The van der Waals surface area contributed by atoms with Gasteiger partial charge in [0.05, 0.1) is 18.3 Å². The van der Waals surface area contributed by atoms with Crippen molar-refractivity contribution in [1.82, 2.24) is 9.97 Å². The number of hydrogen-bond acceptors (Lipinski definition) is 6. The van der Waals surface area contributed by atoms with Crippen LogP contribution in [-0.4, -0.2) is 30.3 Å². The molecule has 2 aromatic rings. The van der Waals surface area contributed by atoms with Crippen molar-refractivity contribution in [1.29, 1.82) is 0 Å². The normalized spacial score (nSPS) is 14.7. The molecule has 0 aliphatic carbocycles. The Morgan fingerprint density at radius 3 is 2.52 bits per heavy atom. The maximum atomic E-state index is 5.73. The zero-order valence-corrected chi connectivity index (χ0v) is 16.8. The number of benzene rings is 1. The molecule has 6 nitrogen and oxygen atoms in total. The predicted molar refractivity (Wildman–Crippen MR) is 106 cm³/mol. The lowest BCUT2D eigenvalue weighted by Crippen LogP contribution is -2.20. The van der Waals surface area contributed by atoms with E-state index in [0.29, 0.717) is 19.8 Å². The minimum absolute atomic E-state index is 0.110. The summed E-state index contributed by atoms with van der Waals surface area (Å²) in [5.74, 6) is 3.22. The number of aromatic nitrogens is 2.